The Bertz CT molecular complexity index is 561. The van der Waals surface area contributed by atoms with E-state index in [0.717, 1.165) is 24.2 Å². The molecule has 1 N–H and O–H groups in total. The van der Waals surface area contributed by atoms with Gasteiger partial charge in [-0.25, -0.2) is 0 Å². The molecule has 2 aromatic rings. The lowest BCUT2D eigenvalue weighted by Crippen LogP contribution is -2.20. The molecule has 1 unspecified atom stereocenters. The highest BCUT2D eigenvalue weighted by Crippen LogP contribution is 2.25. The largest absolute Gasteiger partial charge is 0.309 e. The van der Waals surface area contributed by atoms with Crippen LogP contribution in [0.5, 0.6) is 0 Å². The van der Waals surface area contributed by atoms with E-state index in [1.807, 2.05) is 14.0 Å². The molecule has 20 heavy (non-hydrogen) atoms. The molecular formula is C17H23N3. The number of hydrogen-bond acceptors (Lipinski definition) is 3. The highest BCUT2D eigenvalue weighted by Gasteiger charge is 2.16. The molecule has 1 atom stereocenters. The van der Waals surface area contributed by atoms with Gasteiger partial charge in [0.25, 0.3) is 0 Å². The second kappa shape index (κ2) is 6.62. The first-order chi connectivity index (χ1) is 9.69. The summed E-state index contributed by atoms with van der Waals surface area (Å²) in [5.41, 5.74) is 5.89. The Morgan fingerprint density at radius 3 is 2.30 bits per heavy atom. The van der Waals surface area contributed by atoms with E-state index in [-0.39, 0.29) is 6.04 Å². The lowest BCUT2D eigenvalue weighted by molar-refractivity contribution is 0.668. The third-order valence-electron chi connectivity index (χ3n) is 3.68. The highest BCUT2D eigenvalue weighted by atomic mass is 15.1. The van der Waals surface area contributed by atoms with Crippen LogP contribution in [-0.4, -0.2) is 17.2 Å². The maximum atomic E-state index is 4.33. The molecule has 0 aliphatic rings. The quantitative estimate of drug-likeness (QED) is 0.905. The van der Waals surface area contributed by atoms with E-state index < -0.39 is 0 Å². The first-order valence-corrected chi connectivity index (χ1v) is 7.28. The number of aryl methyl sites for hydroxylation is 3. The van der Waals surface area contributed by atoms with E-state index in [4.69, 9.17) is 0 Å². The summed E-state index contributed by atoms with van der Waals surface area (Å²) in [4.78, 5) is 0. The van der Waals surface area contributed by atoms with Crippen molar-refractivity contribution in [3.05, 3.63) is 58.4 Å². The SMILES string of the molecule is CCc1ccc(C(NC)c2cc(C)nnc2CC)cc1. The molecule has 0 aliphatic carbocycles. The molecule has 0 fully saturated rings. The van der Waals surface area contributed by atoms with E-state index in [9.17, 15) is 0 Å². The average Bonchev–Trinajstić information content (AvgIpc) is 2.49. The van der Waals surface area contributed by atoms with E-state index in [1.54, 1.807) is 0 Å². The Labute approximate surface area is 121 Å². The molecular weight excluding hydrogens is 246 g/mol. The van der Waals surface area contributed by atoms with E-state index >= 15 is 0 Å². The van der Waals surface area contributed by atoms with Gasteiger partial charge in [0.2, 0.25) is 0 Å². The van der Waals surface area contributed by atoms with Gasteiger partial charge in [0.05, 0.1) is 17.4 Å². The summed E-state index contributed by atoms with van der Waals surface area (Å²) in [6.45, 7) is 6.29. The summed E-state index contributed by atoms with van der Waals surface area (Å²) in [6, 6.07) is 11.1. The molecule has 0 radical (unpaired) electrons. The van der Waals surface area contributed by atoms with Crippen LogP contribution in [0.2, 0.25) is 0 Å². The monoisotopic (exact) mass is 269 g/mol. The summed E-state index contributed by atoms with van der Waals surface area (Å²) in [6.07, 6.45) is 1.97. The molecule has 0 spiro atoms. The molecule has 3 nitrogen and oxygen atoms in total. The highest BCUT2D eigenvalue weighted by molar-refractivity contribution is 5.36. The molecule has 0 aliphatic heterocycles. The van der Waals surface area contributed by atoms with Crippen molar-refractivity contribution in [1.82, 2.24) is 15.5 Å². The van der Waals surface area contributed by atoms with Crippen LogP contribution in [-0.2, 0) is 12.8 Å². The van der Waals surface area contributed by atoms with Crippen molar-refractivity contribution in [1.29, 1.82) is 0 Å². The molecule has 1 heterocycles. The first kappa shape index (κ1) is 14.7. The van der Waals surface area contributed by atoms with Crippen LogP contribution in [0, 0.1) is 6.92 Å². The molecule has 1 aromatic heterocycles. The minimum Gasteiger partial charge on any atom is -0.309 e. The summed E-state index contributed by atoms with van der Waals surface area (Å²) in [5, 5.41) is 11.9. The number of benzene rings is 1. The molecule has 2 rings (SSSR count). The normalized spacial score (nSPS) is 12.4. The lowest BCUT2D eigenvalue weighted by Gasteiger charge is -2.20. The van der Waals surface area contributed by atoms with Gasteiger partial charge in [0, 0.05) is 0 Å². The van der Waals surface area contributed by atoms with Crippen molar-refractivity contribution in [2.75, 3.05) is 7.05 Å². The molecule has 0 bridgehead atoms. The van der Waals surface area contributed by atoms with Crippen LogP contribution >= 0.6 is 0 Å². The van der Waals surface area contributed by atoms with Crippen LogP contribution in [0.4, 0.5) is 0 Å². The van der Waals surface area contributed by atoms with Crippen LogP contribution in [0.25, 0.3) is 0 Å². The predicted octanol–water partition coefficient (Wildman–Crippen LogP) is 3.22. The summed E-state index contributed by atoms with van der Waals surface area (Å²) in [5.74, 6) is 0. The van der Waals surface area contributed by atoms with Gasteiger partial charge in [-0.3, -0.25) is 0 Å². The Morgan fingerprint density at radius 1 is 1.05 bits per heavy atom. The summed E-state index contributed by atoms with van der Waals surface area (Å²) >= 11 is 0. The zero-order valence-corrected chi connectivity index (χ0v) is 12.8. The summed E-state index contributed by atoms with van der Waals surface area (Å²) < 4.78 is 0. The van der Waals surface area contributed by atoms with Crippen molar-refractivity contribution in [3.63, 3.8) is 0 Å². The Kier molecular flexibility index (Phi) is 4.85. The number of hydrogen-bond donors (Lipinski definition) is 1. The standard InChI is InChI=1S/C17H23N3/c1-5-13-7-9-14(10-8-13)17(18-4)15-11-12(3)19-20-16(15)6-2/h7-11,17-18H,5-6H2,1-4H3. The predicted molar refractivity (Wildman–Crippen MR) is 82.9 cm³/mol. The van der Waals surface area contributed by atoms with Gasteiger partial charge in [-0.15, -0.1) is 0 Å². The molecule has 0 amide bonds. The lowest BCUT2D eigenvalue weighted by atomic mass is 9.95. The number of nitrogens with one attached hydrogen (secondary N) is 1. The van der Waals surface area contributed by atoms with Gasteiger partial charge in [-0.2, -0.15) is 10.2 Å². The minimum atomic E-state index is 0.171. The Hall–Kier alpha value is -1.74. The zero-order valence-electron chi connectivity index (χ0n) is 12.8. The minimum absolute atomic E-state index is 0.171. The van der Waals surface area contributed by atoms with Crippen molar-refractivity contribution in [2.24, 2.45) is 0 Å². The second-order valence-corrected chi connectivity index (χ2v) is 5.06. The molecule has 106 valence electrons. The Morgan fingerprint density at radius 2 is 1.75 bits per heavy atom. The topological polar surface area (TPSA) is 37.8 Å². The summed E-state index contributed by atoms with van der Waals surface area (Å²) in [7, 11) is 1.99. The average molecular weight is 269 g/mol. The van der Waals surface area contributed by atoms with Crippen LogP contribution in [0.15, 0.2) is 30.3 Å². The van der Waals surface area contributed by atoms with Crippen molar-refractivity contribution >= 4 is 0 Å². The van der Waals surface area contributed by atoms with Crippen LogP contribution in [0.3, 0.4) is 0 Å². The fourth-order valence-electron chi connectivity index (χ4n) is 2.51. The van der Waals surface area contributed by atoms with E-state index in [1.165, 1.54) is 16.7 Å². The first-order valence-electron chi connectivity index (χ1n) is 7.28. The third kappa shape index (κ3) is 3.05. The van der Waals surface area contributed by atoms with Gasteiger partial charge in [-0.1, -0.05) is 38.1 Å². The van der Waals surface area contributed by atoms with Crippen molar-refractivity contribution in [3.8, 4) is 0 Å². The number of aromatic nitrogens is 2. The van der Waals surface area contributed by atoms with Crippen molar-refractivity contribution < 1.29 is 0 Å². The molecule has 1 aromatic carbocycles. The smallest absolute Gasteiger partial charge is 0.0679 e. The maximum absolute atomic E-state index is 4.33. The van der Waals surface area contributed by atoms with Gasteiger partial charge in [0.1, 0.15) is 0 Å². The molecule has 3 heteroatoms. The van der Waals surface area contributed by atoms with Crippen LogP contribution < -0.4 is 5.32 Å². The number of nitrogens with zero attached hydrogens (tertiary/aromatic N) is 2. The van der Waals surface area contributed by atoms with Gasteiger partial charge < -0.3 is 5.32 Å². The van der Waals surface area contributed by atoms with E-state index in [2.05, 4.69) is 59.7 Å². The second-order valence-electron chi connectivity index (χ2n) is 5.06. The Balaban J connectivity index is 2.43. The van der Waals surface area contributed by atoms with E-state index in [0.29, 0.717) is 0 Å². The van der Waals surface area contributed by atoms with Gasteiger partial charge in [0.15, 0.2) is 0 Å². The molecule has 0 saturated carbocycles. The number of rotatable bonds is 5. The van der Waals surface area contributed by atoms with Crippen LogP contribution in [0.1, 0.15) is 48.0 Å². The van der Waals surface area contributed by atoms with Gasteiger partial charge >= 0.3 is 0 Å². The molecule has 0 saturated heterocycles. The van der Waals surface area contributed by atoms with Crippen molar-refractivity contribution in [2.45, 2.75) is 39.7 Å². The van der Waals surface area contributed by atoms with Gasteiger partial charge in [-0.05, 0) is 49.6 Å². The fourth-order valence-corrected chi connectivity index (χ4v) is 2.51. The maximum Gasteiger partial charge on any atom is 0.0679 e. The fraction of sp³-hybridized carbons (Fsp3) is 0.412. The third-order valence-corrected chi connectivity index (χ3v) is 3.68. The zero-order chi connectivity index (χ0) is 14.5.